The van der Waals surface area contributed by atoms with Gasteiger partial charge in [0.05, 0.1) is 5.02 Å². The van der Waals surface area contributed by atoms with Crippen LogP contribution in [0.25, 0.3) is 0 Å². The van der Waals surface area contributed by atoms with Crippen molar-refractivity contribution in [3.63, 3.8) is 0 Å². The third-order valence-corrected chi connectivity index (χ3v) is 4.17. The fourth-order valence-electron chi connectivity index (χ4n) is 2.08. The van der Waals surface area contributed by atoms with Gasteiger partial charge in [-0.05, 0) is 31.2 Å². The molecule has 0 radical (unpaired) electrons. The molecule has 2 unspecified atom stereocenters. The Balaban J connectivity index is 1.77. The van der Waals surface area contributed by atoms with E-state index in [2.05, 4.69) is 18.3 Å². The van der Waals surface area contributed by atoms with Gasteiger partial charge >= 0.3 is 0 Å². The fraction of sp³-hybridized carbons (Fsp3) is 0.636. The average molecular weight is 230 g/mol. The lowest BCUT2D eigenvalue weighted by Gasteiger charge is -2.10. The maximum absolute atomic E-state index is 5.86. The molecule has 0 aliphatic heterocycles. The van der Waals surface area contributed by atoms with E-state index in [9.17, 15) is 0 Å². The van der Waals surface area contributed by atoms with Gasteiger partial charge in [0, 0.05) is 22.8 Å². The third kappa shape index (κ3) is 2.72. The predicted molar refractivity (Wildman–Crippen MR) is 63.0 cm³/mol. The van der Waals surface area contributed by atoms with Crippen molar-refractivity contribution in [1.29, 1.82) is 0 Å². The van der Waals surface area contributed by atoms with Crippen LogP contribution in [0.4, 0.5) is 0 Å². The number of hydrogen-bond acceptors (Lipinski definition) is 2. The van der Waals surface area contributed by atoms with Crippen LogP contribution in [0.1, 0.15) is 31.1 Å². The molecule has 1 fully saturated rings. The van der Waals surface area contributed by atoms with Crippen molar-refractivity contribution in [2.24, 2.45) is 5.92 Å². The lowest BCUT2D eigenvalue weighted by atomic mass is 10.1. The molecule has 1 aliphatic carbocycles. The highest BCUT2D eigenvalue weighted by Crippen LogP contribution is 2.25. The number of nitrogens with one attached hydrogen (secondary N) is 1. The highest BCUT2D eigenvalue weighted by atomic mass is 35.5. The topological polar surface area (TPSA) is 12.0 Å². The molecule has 1 aromatic rings. The lowest BCUT2D eigenvalue weighted by molar-refractivity contribution is 0.504. The Hall–Kier alpha value is -0.0500. The predicted octanol–water partition coefficient (Wildman–Crippen LogP) is 3.68. The highest BCUT2D eigenvalue weighted by molar-refractivity contribution is 7.10. The summed E-state index contributed by atoms with van der Waals surface area (Å²) in [6, 6.07) is 2.78. The van der Waals surface area contributed by atoms with Gasteiger partial charge < -0.3 is 5.32 Å². The summed E-state index contributed by atoms with van der Waals surface area (Å²) in [4.78, 5) is 1.34. The Kier molecular flexibility index (Phi) is 3.47. The molecule has 1 heterocycles. The van der Waals surface area contributed by atoms with Gasteiger partial charge in [-0.2, -0.15) is 0 Å². The highest BCUT2D eigenvalue weighted by Gasteiger charge is 2.20. The lowest BCUT2D eigenvalue weighted by Crippen LogP contribution is -2.25. The molecule has 14 heavy (non-hydrogen) atoms. The first-order chi connectivity index (χ1) is 6.74. The molecule has 1 N–H and O–H groups in total. The first-order valence-electron chi connectivity index (χ1n) is 5.20. The number of hydrogen-bond donors (Lipinski definition) is 1. The molecular formula is C11H16ClNS. The normalized spacial score (nSPS) is 27.0. The standard InChI is InChI=1S/C11H16ClNS/c1-8-2-3-10(4-8)13-6-11-5-9(12)7-14-11/h5,7-8,10,13H,2-4,6H2,1H3. The van der Waals surface area contributed by atoms with Crippen molar-refractivity contribution in [3.05, 3.63) is 21.3 Å². The van der Waals surface area contributed by atoms with Gasteiger partial charge in [0.2, 0.25) is 0 Å². The van der Waals surface area contributed by atoms with Crippen LogP contribution in [0.15, 0.2) is 11.4 Å². The Bertz CT molecular complexity index is 297. The smallest absolute Gasteiger partial charge is 0.0516 e. The summed E-state index contributed by atoms with van der Waals surface area (Å²) in [6.45, 7) is 3.32. The Labute approximate surface area is 94.5 Å². The van der Waals surface area contributed by atoms with Crippen LogP contribution in [-0.4, -0.2) is 6.04 Å². The zero-order valence-electron chi connectivity index (χ0n) is 8.42. The van der Waals surface area contributed by atoms with Crippen molar-refractivity contribution in [1.82, 2.24) is 5.32 Å². The van der Waals surface area contributed by atoms with E-state index >= 15 is 0 Å². The summed E-state index contributed by atoms with van der Waals surface area (Å²) in [7, 11) is 0. The van der Waals surface area contributed by atoms with Crippen molar-refractivity contribution in [2.75, 3.05) is 0 Å². The van der Waals surface area contributed by atoms with Gasteiger partial charge in [0.15, 0.2) is 0 Å². The maximum Gasteiger partial charge on any atom is 0.0516 e. The molecule has 1 aromatic heterocycles. The molecule has 1 aliphatic rings. The minimum absolute atomic E-state index is 0.728. The summed E-state index contributed by atoms with van der Waals surface area (Å²) < 4.78 is 0. The Morgan fingerprint density at radius 1 is 1.57 bits per heavy atom. The van der Waals surface area contributed by atoms with Gasteiger partial charge in [0.1, 0.15) is 0 Å². The summed E-state index contributed by atoms with van der Waals surface area (Å²) >= 11 is 7.60. The van der Waals surface area contributed by atoms with E-state index in [-0.39, 0.29) is 0 Å². The second kappa shape index (κ2) is 4.65. The molecule has 0 amide bonds. The van der Waals surface area contributed by atoms with E-state index in [1.54, 1.807) is 11.3 Å². The summed E-state index contributed by atoms with van der Waals surface area (Å²) in [5.74, 6) is 0.902. The molecule has 3 heteroatoms. The Morgan fingerprint density at radius 3 is 3.00 bits per heavy atom. The minimum atomic E-state index is 0.728. The summed E-state index contributed by atoms with van der Waals surface area (Å²) in [5, 5.41) is 6.46. The fourth-order valence-corrected chi connectivity index (χ4v) is 3.11. The molecule has 2 atom stereocenters. The van der Waals surface area contributed by atoms with Gasteiger partial charge in [-0.25, -0.2) is 0 Å². The van der Waals surface area contributed by atoms with Gasteiger partial charge in [-0.1, -0.05) is 18.5 Å². The molecule has 0 spiro atoms. The average Bonchev–Trinajstić information content (AvgIpc) is 2.72. The SMILES string of the molecule is CC1CCC(NCc2cc(Cl)cs2)C1. The Morgan fingerprint density at radius 2 is 2.43 bits per heavy atom. The second-order valence-electron chi connectivity index (χ2n) is 4.23. The zero-order valence-corrected chi connectivity index (χ0v) is 10.00. The van der Waals surface area contributed by atoms with Crippen molar-refractivity contribution >= 4 is 22.9 Å². The van der Waals surface area contributed by atoms with Crippen molar-refractivity contribution < 1.29 is 0 Å². The molecule has 0 saturated heterocycles. The van der Waals surface area contributed by atoms with E-state index in [1.165, 1.54) is 24.1 Å². The third-order valence-electron chi connectivity index (χ3n) is 2.88. The van der Waals surface area contributed by atoms with Crippen LogP contribution < -0.4 is 5.32 Å². The quantitative estimate of drug-likeness (QED) is 0.834. The number of rotatable bonds is 3. The minimum Gasteiger partial charge on any atom is -0.309 e. The summed E-state index contributed by atoms with van der Waals surface area (Å²) in [6.07, 6.45) is 4.04. The second-order valence-corrected chi connectivity index (χ2v) is 5.66. The van der Waals surface area contributed by atoms with Crippen LogP contribution in [-0.2, 0) is 6.54 Å². The van der Waals surface area contributed by atoms with Gasteiger partial charge in [-0.3, -0.25) is 0 Å². The molecule has 78 valence electrons. The van der Waals surface area contributed by atoms with E-state index in [0.29, 0.717) is 0 Å². The van der Waals surface area contributed by atoms with Crippen molar-refractivity contribution in [3.8, 4) is 0 Å². The maximum atomic E-state index is 5.86. The first kappa shape index (κ1) is 10.5. The van der Waals surface area contributed by atoms with Crippen LogP contribution in [0.5, 0.6) is 0 Å². The van der Waals surface area contributed by atoms with Gasteiger partial charge in [0.25, 0.3) is 0 Å². The zero-order chi connectivity index (χ0) is 9.97. The largest absolute Gasteiger partial charge is 0.309 e. The monoisotopic (exact) mass is 229 g/mol. The van der Waals surface area contributed by atoms with E-state index in [0.717, 1.165) is 23.5 Å². The van der Waals surface area contributed by atoms with Gasteiger partial charge in [-0.15, -0.1) is 11.3 Å². The first-order valence-corrected chi connectivity index (χ1v) is 6.46. The number of thiophene rings is 1. The van der Waals surface area contributed by atoms with Crippen LogP contribution in [0.2, 0.25) is 5.02 Å². The molecule has 1 saturated carbocycles. The van der Waals surface area contributed by atoms with E-state index in [1.807, 2.05) is 5.38 Å². The van der Waals surface area contributed by atoms with Crippen LogP contribution in [0, 0.1) is 5.92 Å². The molecule has 0 aromatic carbocycles. The van der Waals surface area contributed by atoms with Crippen LogP contribution >= 0.6 is 22.9 Å². The molecule has 0 bridgehead atoms. The number of halogens is 1. The van der Waals surface area contributed by atoms with Crippen LogP contribution in [0.3, 0.4) is 0 Å². The summed E-state index contributed by atoms with van der Waals surface area (Å²) in [5.41, 5.74) is 0. The molecule has 1 nitrogen and oxygen atoms in total. The molecule has 2 rings (SSSR count). The van der Waals surface area contributed by atoms with Crippen molar-refractivity contribution in [2.45, 2.75) is 38.8 Å². The van der Waals surface area contributed by atoms with E-state index < -0.39 is 0 Å². The molecular weight excluding hydrogens is 214 g/mol. The van der Waals surface area contributed by atoms with E-state index in [4.69, 9.17) is 11.6 Å².